The molecule has 32 heavy (non-hydrogen) atoms. The molecule has 7 nitrogen and oxygen atoms in total. The molecule has 2 aliphatic rings. The third-order valence-corrected chi connectivity index (χ3v) is 8.11. The Balaban J connectivity index is 1.40. The molecule has 2 aromatic rings. The molecule has 0 aromatic heterocycles. The molecule has 0 spiro atoms. The standard InChI is InChI=1S/C24H28N2O5S/c1-17-8-9-20(15-22(17)32(29,30)26-12-3-2-4-13-26)24(28)31-16-23(27)25-21-11-10-18-6-5-7-19(18)14-21/h8-11,14-15H,2-7,12-13,16H2,1H3,(H,25,27). The van der Waals surface area contributed by atoms with Gasteiger partial charge < -0.3 is 10.1 Å². The van der Waals surface area contributed by atoms with Gasteiger partial charge in [-0.15, -0.1) is 0 Å². The predicted molar refractivity (Wildman–Crippen MR) is 121 cm³/mol. The molecule has 1 N–H and O–H groups in total. The average Bonchev–Trinajstić information content (AvgIpc) is 3.26. The summed E-state index contributed by atoms with van der Waals surface area (Å²) in [7, 11) is -3.68. The number of nitrogens with zero attached hydrogens (tertiary/aromatic N) is 1. The minimum atomic E-state index is -3.68. The molecule has 170 valence electrons. The first-order valence-corrected chi connectivity index (χ1v) is 12.5. The third kappa shape index (κ3) is 4.86. The van der Waals surface area contributed by atoms with Crippen LogP contribution in [0, 0.1) is 6.92 Å². The number of carbonyl (C=O) groups excluding carboxylic acids is 2. The number of amides is 1. The number of hydrogen-bond acceptors (Lipinski definition) is 5. The Hall–Kier alpha value is -2.71. The monoisotopic (exact) mass is 456 g/mol. The first kappa shape index (κ1) is 22.5. The predicted octanol–water partition coefficient (Wildman–Crippen LogP) is 3.45. The molecule has 1 aliphatic carbocycles. The molecule has 0 bridgehead atoms. The van der Waals surface area contributed by atoms with Crippen molar-refractivity contribution in [3.8, 4) is 0 Å². The highest BCUT2D eigenvalue weighted by molar-refractivity contribution is 7.89. The second-order valence-corrected chi connectivity index (χ2v) is 10.3. The van der Waals surface area contributed by atoms with Gasteiger partial charge in [0.15, 0.2) is 6.61 Å². The number of carbonyl (C=O) groups is 2. The van der Waals surface area contributed by atoms with Crippen LogP contribution in [0.5, 0.6) is 0 Å². The zero-order valence-corrected chi connectivity index (χ0v) is 19.0. The summed E-state index contributed by atoms with van der Waals surface area (Å²) in [6.45, 7) is 2.23. The van der Waals surface area contributed by atoms with Crippen molar-refractivity contribution in [2.75, 3.05) is 25.0 Å². The molecule has 2 aromatic carbocycles. The van der Waals surface area contributed by atoms with E-state index in [1.807, 2.05) is 18.2 Å². The normalized spacial score (nSPS) is 16.4. The number of nitrogens with one attached hydrogen (secondary N) is 1. The second kappa shape index (κ2) is 9.42. The third-order valence-electron chi connectivity index (χ3n) is 6.07. The van der Waals surface area contributed by atoms with Gasteiger partial charge in [-0.3, -0.25) is 4.79 Å². The molecule has 0 saturated carbocycles. The van der Waals surface area contributed by atoms with Gasteiger partial charge in [0.2, 0.25) is 10.0 Å². The van der Waals surface area contributed by atoms with E-state index in [-0.39, 0.29) is 10.5 Å². The van der Waals surface area contributed by atoms with Crippen molar-refractivity contribution in [3.63, 3.8) is 0 Å². The van der Waals surface area contributed by atoms with Gasteiger partial charge in [0, 0.05) is 18.8 Å². The fourth-order valence-corrected chi connectivity index (χ4v) is 6.08. The van der Waals surface area contributed by atoms with Crippen molar-refractivity contribution >= 4 is 27.6 Å². The smallest absolute Gasteiger partial charge is 0.338 e. The molecular weight excluding hydrogens is 428 g/mol. The molecular formula is C24H28N2O5S. The zero-order valence-electron chi connectivity index (χ0n) is 18.2. The maximum atomic E-state index is 13.0. The fourth-order valence-electron chi connectivity index (χ4n) is 4.31. The topological polar surface area (TPSA) is 92.8 Å². The summed E-state index contributed by atoms with van der Waals surface area (Å²) in [5.41, 5.74) is 3.90. The van der Waals surface area contributed by atoms with Crippen LogP contribution >= 0.6 is 0 Å². The summed E-state index contributed by atoms with van der Waals surface area (Å²) in [4.78, 5) is 24.9. The first-order valence-electron chi connectivity index (χ1n) is 11.0. The van der Waals surface area contributed by atoms with Crippen molar-refractivity contribution in [1.82, 2.24) is 4.31 Å². The van der Waals surface area contributed by atoms with E-state index in [1.165, 1.54) is 27.6 Å². The van der Waals surface area contributed by atoms with E-state index in [9.17, 15) is 18.0 Å². The van der Waals surface area contributed by atoms with Gasteiger partial charge in [0.25, 0.3) is 5.91 Å². The summed E-state index contributed by atoms with van der Waals surface area (Å²) in [5, 5.41) is 2.75. The number of piperidine rings is 1. The van der Waals surface area contributed by atoms with Crippen LogP contribution in [0.2, 0.25) is 0 Å². The van der Waals surface area contributed by atoms with Gasteiger partial charge in [-0.2, -0.15) is 4.31 Å². The van der Waals surface area contributed by atoms with Crippen molar-refractivity contribution in [1.29, 1.82) is 0 Å². The minimum absolute atomic E-state index is 0.108. The molecule has 1 aliphatic heterocycles. The maximum Gasteiger partial charge on any atom is 0.338 e. The van der Waals surface area contributed by atoms with E-state index >= 15 is 0 Å². The quantitative estimate of drug-likeness (QED) is 0.672. The van der Waals surface area contributed by atoms with Crippen LogP contribution in [0.15, 0.2) is 41.3 Å². The van der Waals surface area contributed by atoms with E-state index in [4.69, 9.17) is 4.74 Å². The number of hydrogen-bond donors (Lipinski definition) is 1. The summed E-state index contributed by atoms with van der Waals surface area (Å²) in [6.07, 6.45) is 5.87. The number of anilines is 1. The van der Waals surface area contributed by atoms with Crippen LogP contribution in [0.3, 0.4) is 0 Å². The molecule has 0 unspecified atom stereocenters. The largest absolute Gasteiger partial charge is 0.452 e. The van der Waals surface area contributed by atoms with Crippen molar-refractivity contribution < 1.29 is 22.7 Å². The molecule has 1 heterocycles. The van der Waals surface area contributed by atoms with Crippen LogP contribution in [0.1, 0.15) is 52.7 Å². The SMILES string of the molecule is Cc1ccc(C(=O)OCC(=O)Nc2ccc3c(c2)CCC3)cc1S(=O)(=O)N1CCCCC1. The Labute approximate surface area is 188 Å². The highest BCUT2D eigenvalue weighted by Crippen LogP contribution is 2.26. The van der Waals surface area contributed by atoms with E-state index in [2.05, 4.69) is 5.32 Å². The Morgan fingerprint density at radius 3 is 2.50 bits per heavy atom. The first-order chi connectivity index (χ1) is 15.3. The number of rotatable bonds is 6. The lowest BCUT2D eigenvalue weighted by Crippen LogP contribution is -2.36. The number of fused-ring (bicyclic) bond motifs is 1. The van der Waals surface area contributed by atoms with Gasteiger partial charge in [0.1, 0.15) is 0 Å². The lowest BCUT2D eigenvalue weighted by atomic mass is 10.1. The Kier molecular flexibility index (Phi) is 6.62. The molecule has 1 fully saturated rings. The highest BCUT2D eigenvalue weighted by Gasteiger charge is 2.28. The van der Waals surface area contributed by atoms with Crippen LogP contribution in [0.4, 0.5) is 5.69 Å². The molecule has 0 radical (unpaired) electrons. The van der Waals surface area contributed by atoms with Gasteiger partial charge in [-0.05, 0) is 80.0 Å². The van der Waals surface area contributed by atoms with Crippen LogP contribution in [-0.2, 0) is 32.4 Å². The van der Waals surface area contributed by atoms with E-state index in [0.29, 0.717) is 24.3 Å². The fraction of sp³-hybridized carbons (Fsp3) is 0.417. The second-order valence-electron chi connectivity index (χ2n) is 8.41. The van der Waals surface area contributed by atoms with E-state index < -0.39 is 28.5 Å². The Bertz CT molecular complexity index is 1140. The van der Waals surface area contributed by atoms with Crippen molar-refractivity contribution in [2.24, 2.45) is 0 Å². The number of ether oxygens (including phenoxy) is 1. The molecule has 0 atom stereocenters. The Morgan fingerprint density at radius 1 is 0.969 bits per heavy atom. The molecule has 4 rings (SSSR count). The van der Waals surface area contributed by atoms with E-state index in [1.54, 1.807) is 13.0 Å². The number of sulfonamides is 1. The van der Waals surface area contributed by atoms with Gasteiger partial charge in [-0.25, -0.2) is 13.2 Å². The van der Waals surface area contributed by atoms with Crippen LogP contribution < -0.4 is 5.32 Å². The minimum Gasteiger partial charge on any atom is -0.452 e. The van der Waals surface area contributed by atoms with Gasteiger partial charge in [-0.1, -0.05) is 18.6 Å². The van der Waals surface area contributed by atoms with Crippen LogP contribution in [-0.4, -0.2) is 44.3 Å². The van der Waals surface area contributed by atoms with Gasteiger partial charge >= 0.3 is 5.97 Å². The van der Waals surface area contributed by atoms with Crippen molar-refractivity contribution in [3.05, 3.63) is 58.7 Å². The lowest BCUT2D eigenvalue weighted by molar-refractivity contribution is -0.119. The Morgan fingerprint density at radius 2 is 1.72 bits per heavy atom. The van der Waals surface area contributed by atoms with Crippen molar-refractivity contribution in [2.45, 2.75) is 50.3 Å². The number of benzene rings is 2. The molecule has 1 amide bonds. The molecule has 1 saturated heterocycles. The summed E-state index contributed by atoms with van der Waals surface area (Å²) in [6, 6.07) is 10.3. The highest BCUT2D eigenvalue weighted by atomic mass is 32.2. The molecule has 8 heteroatoms. The lowest BCUT2D eigenvalue weighted by Gasteiger charge is -2.26. The summed E-state index contributed by atoms with van der Waals surface area (Å²) < 4.78 is 32.7. The summed E-state index contributed by atoms with van der Waals surface area (Å²) >= 11 is 0. The van der Waals surface area contributed by atoms with Crippen LogP contribution in [0.25, 0.3) is 0 Å². The van der Waals surface area contributed by atoms with Gasteiger partial charge in [0.05, 0.1) is 10.5 Å². The average molecular weight is 457 g/mol. The number of aryl methyl sites for hydroxylation is 3. The zero-order chi connectivity index (χ0) is 22.7. The number of esters is 1. The summed E-state index contributed by atoms with van der Waals surface area (Å²) in [5.74, 6) is -1.17. The van der Waals surface area contributed by atoms with E-state index in [0.717, 1.165) is 38.5 Å². The maximum absolute atomic E-state index is 13.0.